The number of aliphatic imine (C=N–C) groups is 1. The Kier molecular flexibility index (Phi) is 4.16. The van der Waals surface area contributed by atoms with Crippen molar-refractivity contribution in [1.82, 2.24) is 0 Å². The van der Waals surface area contributed by atoms with Gasteiger partial charge in [0.2, 0.25) is 6.08 Å². The van der Waals surface area contributed by atoms with Gasteiger partial charge in [0.25, 0.3) is 0 Å². The number of halogens is 1. The Morgan fingerprint density at radius 2 is 2.38 bits per heavy atom. The molecule has 13 heavy (non-hydrogen) atoms. The van der Waals surface area contributed by atoms with Gasteiger partial charge in [0.15, 0.2) is 0 Å². The lowest BCUT2D eigenvalue weighted by molar-refractivity contribution is 0.565. The van der Waals surface area contributed by atoms with Crippen LogP contribution < -0.4 is 0 Å². The molecule has 0 heterocycles. The Morgan fingerprint density at radius 1 is 1.54 bits per heavy atom. The molecule has 66 valence electrons. The molecule has 1 aromatic rings. The number of hydrogen-bond acceptors (Lipinski definition) is 2. The van der Waals surface area contributed by atoms with E-state index in [1.807, 2.05) is 30.4 Å². The maximum Gasteiger partial charge on any atom is 0.240 e. The van der Waals surface area contributed by atoms with Gasteiger partial charge in [-0.2, -0.15) is 4.99 Å². The zero-order valence-corrected chi connectivity index (χ0v) is 8.49. The quantitative estimate of drug-likeness (QED) is 0.452. The smallest absolute Gasteiger partial charge is 0.211 e. The molecule has 0 unspecified atom stereocenters. The van der Waals surface area contributed by atoms with Crippen LogP contribution in [0.5, 0.6) is 0 Å². The van der Waals surface area contributed by atoms with Crippen molar-refractivity contribution in [2.75, 3.05) is 5.33 Å². The van der Waals surface area contributed by atoms with Crippen molar-refractivity contribution in [3.8, 4) is 0 Å². The van der Waals surface area contributed by atoms with Crippen LogP contribution in [0.1, 0.15) is 5.56 Å². The van der Waals surface area contributed by atoms with Gasteiger partial charge in [0.05, 0.1) is 5.69 Å². The number of rotatable bonds is 3. The van der Waals surface area contributed by atoms with Crippen molar-refractivity contribution in [2.24, 2.45) is 4.99 Å². The monoisotopic (exact) mass is 237 g/mol. The van der Waals surface area contributed by atoms with E-state index in [4.69, 9.17) is 0 Å². The van der Waals surface area contributed by atoms with Gasteiger partial charge in [-0.25, -0.2) is 4.79 Å². The molecule has 0 bridgehead atoms. The van der Waals surface area contributed by atoms with Crippen molar-refractivity contribution in [3.63, 3.8) is 0 Å². The average molecular weight is 238 g/mol. The van der Waals surface area contributed by atoms with E-state index in [1.54, 1.807) is 6.07 Å². The molecule has 0 radical (unpaired) electrons. The van der Waals surface area contributed by atoms with Gasteiger partial charge in [0, 0.05) is 5.33 Å². The largest absolute Gasteiger partial charge is 0.240 e. The summed E-state index contributed by atoms with van der Waals surface area (Å²) in [5.74, 6) is 0. The third-order valence-corrected chi connectivity index (χ3v) is 1.82. The van der Waals surface area contributed by atoms with Crippen LogP contribution >= 0.6 is 15.9 Å². The van der Waals surface area contributed by atoms with Gasteiger partial charge in [-0.1, -0.05) is 40.2 Å². The zero-order valence-electron chi connectivity index (χ0n) is 6.90. The molecule has 0 spiro atoms. The fraction of sp³-hybridized carbons (Fsp3) is 0.100. The van der Waals surface area contributed by atoms with Crippen molar-refractivity contribution < 1.29 is 4.79 Å². The first-order valence-electron chi connectivity index (χ1n) is 3.77. The SMILES string of the molecule is O=C=Nc1cccc(C=CCBr)c1. The van der Waals surface area contributed by atoms with Crippen molar-refractivity contribution in [1.29, 1.82) is 0 Å². The predicted octanol–water partition coefficient (Wildman–Crippen LogP) is 3.06. The second-order valence-electron chi connectivity index (χ2n) is 2.35. The van der Waals surface area contributed by atoms with E-state index in [-0.39, 0.29) is 0 Å². The molecule has 3 heteroatoms. The summed E-state index contributed by atoms with van der Waals surface area (Å²) in [6, 6.07) is 7.38. The summed E-state index contributed by atoms with van der Waals surface area (Å²) in [6.07, 6.45) is 5.44. The summed E-state index contributed by atoms with van der Waals surface area (Å²) < 4.78 is 0. The lowest BCUT2D eigenvalue weighted by atomic mass is 10.2. The molecule has 0 fully saturated rings. The average Bonchev–Trinajstić information content (AvgIpc) is 2.16. The number of nitrogens with zero attached hydrogens (tertiary/aromatic N) is 1. The van der Waals surface area contributed by atoms with Gasteiger partial charge < -0.3 is 0 Å². The molecule has 0 aliphatic rings. The normalized spacial score (nSPS) is 9.92. The van der Waals surface area contributed by atoms with Gasteiger partial charge in [0.1, 0.15) is 0 Å². The van der Waals surface area contributed by atoms with E-state index in [0.717, 1.165) is 10.9 Å². The molecular formula is C10H8BrNO. The molecule has 0 atom stereocenters. The van der Waals surface area contributed by atoms with Crippen LogP contribution in [-0.2, 0) is 4.79 Å². The molecule has 2 nitrogen and oxygen atoms in total. The van der Waals surface area contributed by atoms with Crippen molar-refractivity contribution in [3.05, 3.63) is 35.9 Å². The predicted molar refractivity (Wildman–Crippen MR) is 57.1 cm³/mol. The van der Waals surface area contributed by atoms with Crippen LogP contribution in [0.4, 0.5) is 5.69 Å². The first kappa shape index (κ1) is 9.90. The van der Waals surface area contributed by atoms with E-state index in [0.29, 0.717) is 5.69 Å². The summed E-state index contributed by atoms with van der Waals surface area (Å²) in [6.45, 7) is 0. The van der Waals surface area contributed by atoms with E-state index in [9.17, 15) is 4.79 Å². The Morgan fingerprint density at radius 3 is 3.08 bits per heavy atom. The maximum atomic E-state index is 9.98. The highest BCUT2D eigenvalue weighted by Gasteiger charge is 1.89. The van der Waals surface area contributed by atoms with Crippen LogP contribution in [0, 0.1) is 0 Å². The van der Waals surface area contributed by atoms with Gasteiger partial charge in [-0.3, -0.25) is 0 Å². The number of benzene rings is 1. The lowest BCUT2D eigenvalue weighted by Crippen LogP contribution is -1.71. The van der Waals surface area contributed by atoms with Gasteiger partial charge in [-0.05, 0) is 17.7 Å². The van der Waals surface area contributed by atoms with Gasteiger partial charge >= 0.3 is 0 Å². The highest BCUT2D eigenvalue weighted by Crippen LogP contribution is 2.14. The second-order valence-corrected chi connectivity index (χ2v) is 3.00. The van der Waals surface area contributed by atoms with Crippen LogP contribution in [0.2, 0.25) is 0 Å². The Labute approximate surface area is 85.1 Å². The third kappa shape index (κ3) is 3.36. The molecule has 0 aliphatic heterocycles. The minimum Gasteiger partial charge on any atom is -0.211 e. The van der Waals surface area contributed by atoms with Crippen LogP contribution in [0.3, 0.4) is 0 Å². The topological polar surface area (TPSA) is 29.4 Å². The molecule has 0 saturated carbocycles. The first-order valence-corrected chi connectivity index (χ1v) is 4.89. The number of carbonyl (C=O) groups excluding carboxylic acids is 1. The minimum atomic E-state index is 0.631. The summed E-state index contributed by atoms with van der Waals surface area (Å²) in [5, 5.41) is 0.814. The number of alkyl halides is 1. The molecule has 0 amide bonds. The first-order chi connectivity index (χ1) is 6.36. The highest BCUT2D eigenvalue weighted by molar-refractivity contribution is 9.09. The fourth-order valence-electron chi connectivity index (χ4n) is 0.931. The lowest BCUT2D eigenvalue weighted by Gasteiger charge is -1.93. The zero-order chi connectivity index (χ0) is 9.52. The molecule has 0 saturated heterocycles. The van der Waals surface area contributed by atoms with E-state index in [1.165, 1.54) is 6.08 Å². The number of isocyanates is 1. The van der Waals surface area contributed by atoms with Crippen LogP contribution in [0.15, 0.2) is 35.3 Å². The van der Waals surface area contributed by atoms with Crippen molar-refractivity contribution >= 4 is 33.8 Å². The number of hydrogen-bond donors (Lipinski definition) is 0. The third-order valence-electron chi connectivity index (χ3n) is 1.44. The summed E-state index contributed by atoms with van der Waals surface area (Å²) in [4.78, 5) is 13.5. The summed E-state index contributed by atoms with van der Waals surface area (Å²) in [7, 11) is 0. The van der Waals surface area contributed by atoms with Gasteiger partial charge in [-0.15, -0.1) is 0 Å². The van der Waals surface area contributed by atoms with E-state index < -0.39 is 0 Å². The highest BCUT2D eigenvalue weighted by atomic mass is 79.9. The minimum absolute atomic E-state index is 0.631. The van der Waals surface area contributed by atoms with Crippen molar-refractivity contribution in [2.45, 2.75) is 0 Å². The molecule has 0 aromatic heterocycles. The van der Waals surface area contributed by atoms with Crippen LogP contribution in [0.25, 0.3) is 6.08 Å². The summed E-state index contributed by atoms with van der Waals surface area (Å²) in [5.41, 5.74) is 1.66. The van der Waals surface area contributed by atoms with E-state index in [2.05, 4.69) is 20.9 Å². The second kappa shape index (κ2) is 5.46. The molecule has 1 rings (SSSR count). The number of allylic oxidation sites excluding steroid dienone is 1. The Bertz CT molecular complexity index is 354. The summed E-state index contributed by atoms with van der Waals surface area (Å²) >= 11 is 3.28. The molecule has 0 N–H and O–H groups in total. The Hall–Kier alpha value is -1.18. The standard InChI is InChI=1S/C10H8BrNO/c11-6-2-4-9-3-1-5-10(7-9)12-8-13/h1-5,7H,6H2. The molecule has 0 aliphatic carbocycles. The Balaban J connectivity index is 2.91. The maximum absolute atomic E-state index is 9.98. The van der Waals surface area contributed by atoms with E-state index >= 15 is 0 Å². The fourth-order valence-corrected chi connectivity index (χ4v) is 1.12. The van der Waals surface area contributed by atoms with Crippen LogP contribution in [-0.4, -0.2) is 11.4 Å². The molecule has 1 aromatic carbocycles. The molecular weight excluding hydrogens is 230 g/mol.